The number of furan rings is 1. The summed E-state index contributed by atoms with van der Waals surface area (Å²) in [6.07, 6.45) is 1.68. The van der Waals surface area contributed by atoms with Gasteiger partial charge in [0.1, 0.15) is 17.3 Å². The Morgan fingerprint density at radius 3 is 2.22 bits per heavy atom. The molecule has 0 bridgehead atoms. The topological polar surface area (TPSA) is 67.2 Å². The third kappa shape index (κ3) is 6.61. The van der Waals surface area contributed by atoms with Crippen LogP contribution in [0.1, 0.15) is 38.1 Å². The molecule has 36 heavy (non-hydrogen) atoms. The molecule has 1 amide bonds. The maximum atomic E-state index is 12.6. The van der Waals surface area contributed by atoms with E-state index in [4.69, 9.17) is 13.9 Å². The number of carbonyl (C=O) groups is 1. The summed E-state index contributed by atoms with van der Waals surface area (Å²) in [6, 6.07) is 19.9. The van der Waals surface area contributed by atoms with Gasteiger partial charge in [-0.05, 0) is 59.5 Å². The van der Waals surface area contributed by atoms with Crippen molar-refractivity contribution in [3.05, 3.63) is 78.3 Å². The van der Waals surface area contributed by atoms with E-state index in [9.17, 15) is 4.79 Å². The number of carbonyl (C=O) groups excluding carboxylic acids is 1. The fourth-order valence-electron chi connectivity index (χ4n) is 4.44. The van der Waals surface area contributed by atoms with E-state index in [0.717, 1.165) is 37.7 Å². The van der Waals surface area contributed by atoms with Crippen molar-refractivity contribution in [3.8, 4) is 11.5 Å². The molecule has 0 aliphatic carbocycles. The first kappa shape index (κ1) is 25.6. The molecule has 2 heterocycles. The maximum absolute atomic E-state index is 12.6. The molecule has 3 aromatic rings. The summed E-state index contributed by atoms with van der Waals surface area (Å²) < 4.78 is 16.7. The summed E-state index contributed by atoms with van der Waals surface area (Å²) in [4.78, 5) is 17.3. The third-order valence-corrected chi connectivity index (χ3v) is 6.65. The Morgan fingerprint density at radius 2 is 1.64 bits per heavy atom. The average Bonchev–Trinajstić information content (AvgIpc) is 3.42. The zero-order chi connectivity index (χ0) is 25.5. The summed E-state index contributed by atoms with van der Waals surface area (Å²) in [5.74, 6) is 2.25. The molecular weight excluding hydrogens is 454 g/mol. The highest BCUT2D eigenvalue weighted by Crippen LogP contribution is 2.26. The molecule has 4 rings (SSSR count). The number of methoxy groups -OCH3 is 1. The molecule has 7 heteroatoms. The predicted octanol–water partition coefficient (Wildman–Crippen LogP) is 4.64. The molecule has 1 aliphatic rings. The van der Waals surface area contributed by atoms with Crippen molar-refractivity contribution in [1.29, 1.82) is 0 Å². The second-order valence-corrected chi connectivity index (χ2v) is 10.1. The second kappa shape index (κ2) is 11.5. The van der Waals surface area contributed by atoms with Crippen LogP contribution in [0.25, 0.3) is 0 Å². The van der Waals surface area contributed by atoms with E-state index in [0.29, 0.717) is 12.3 Å². The number of nitrogens with zero attached hydrogens (tertiary/aromatic N) is 2. The van der Waals surface area contributed by atoms with Crippen LogP contribution >= 0.6 is 0 Å². The lowest BCUT2D eigenvalue weighted by Crippen LogP contribution is -2.50. The van der Waals surface area contributed by atoms with Gasteiger partial charge in [-0.2, -0.15) is 0 Å². The first-order valence-electron chi connectivity index (χ1n) is 12.5. The summed E-state index contributed by atoms with van der Waals surface area (Å²) in [5, 5.41) is 3.04. The van der Waals surface area contributed by atoms with E-state index in [1.165, 1.54) is 11.3 Å². The molecule has 1 N–H and O–H groups in total. The van der Waals surface area contributed by atoms with Crippen molar-refractivity contribution < 1.29 is 18.7 Å². The molecule has 0 radical (unpaired) electrons. The van der Waals surface area contributed by atoms with Gasteiger partial charge in [0.25, 0.3) is 5.91 Å². The number of amides is 1. The number of anilines is 1. The summed E-state index contributed by atoms with van der Waals surface area (Å²) in [6.45, 7) is 10.5. The number of piperazine rings is 1. The Labute approximate surface area is 214 Å². The van der Waals surface area contributed by atoms with Crippen LogP contribution in [-0.2, 0) is 10.2 Å². The third-order valence-electron chi connectivity index (χ3n) is 6.65. The van der Waals surface area contributed by atoms with Gasteiger partial charge in [-0.15, -0.1) is 0 Å². The average molecular weight is 492 g/mol. The second-order valence-electron chi connectivity index (χ2n) is 10.1. The Kier molecular flexibility index (Phi) is 8.21. The molecule has 0 saturated carbocycles. The number of nitrogens with one attached hydrogen (secondary N) is 1. The summed E-state index contributed by atoms with van der Waals surface area (Å²) in [5.41, 5.74) is 2.50. The van der Waals surface area contributed by atoms with Crippen molar-refractivity contribution in [3.63, 3.8) is 0 Å². The monoisotopic (exact) mass is 491 g/mol. The van der Waals surface area contributed by atoms with Gasteiger partial charge < -0.3 is 24.1 Å². The molecule has 2 aromatic carbocycles. The molecular formula is C29H37N3O4. The minimum absolute atomic E-state index is 0.0228. The van der Waals surface area contributed by atoms with E-state index in [1.807, 2.05) is 48.5 Å². The van der Waals surface area contributed by atoms with E-state index in [1.54, 1.807) is 13.4 Å². The van der Waals surface area contributed by atoms with Crippen LogP contribution < -0.4 is 19.7 Å². The number of benzene rings is 2. The number of hydrogen-bond acceptors (Lipinski definition) is 6. The number of hydrogen-bond donors (Lipinski definition) is 1. The molecule has 0 spiro atoms. The normalized spacial score (nSPS) is 15.4. The zero-order valence-corrected chi connectivity index (χ0v) is 21.7. The van der Waals surface area contributed by atoms with Crippen LogP contribution in [0, 0.1) is 0 Å². The highest BCUT2D eigenvalue weighted by atomic mass is 16.5. The molecule has 1 saturated heterocycles. The highest BCUT2D eigenvalue weighted by Gasteiger charge is 2.27. The lowest BCUT2D eigenvalue weighted by molar-refractivity contribution is -0.123. The maximum Gasteiger partial charge on any atom is 0.258 e. The Balaban J connectivity index is 1.29. The van der Waals surface area contributed by atoms with E-state index in [-0.39, 0.29) is 24.0 Å². The Morgan fingerprint density at radius 1 is 0.972 bits per heavy atom. The van der Waals surface area contributed by atoms with Crippen molar-refractivity contribution in [1.82, 2.24) is 10.2 Å². The SMILES string of the molecule is COc1ccc(N2CCN(C(CNC(=O)COc3ccc(C(C)(C)C)cc3)c3ccco3)CC2)cc1. The molecule has 7 nitrogen and oxygen atoms in total. The van der Waals surface area contributed by atoms with Gasteiger partial charge >= 0.3 is 0 Å². The van der Waals surface area contributed by atoms with Gasteiger partial charge in [0.05, 0.1) is 19.4 Å². The first-order chi connectivity index (χ1) is 17.3. The molecule has 192 valence electrons. The number of rotatable bonds is 9. The van der Waals surface area contributed by atoms with E-state index < -0.39 is 0 Å². The Hall–Kier alpha value is -3.45. The van der Waals surface area contributed by atoms with Crippen LogP contribution in [0.15, 0.2) is 71.3 Å². The molecule has 1 fully saturated rings. The smallest absolute Gasteiger partial charge is 0.258 e. The van der Waals surface area contributed by atoms with Crippen LogP contribution in [-0.4, -0.2) is 57.2 Å². The lowest BCUT2D eigenvalue weighted by atomic mass is 9.87. The summed E-state index contributed by atoms with van der Waals surface area (Å²) in [7, 11) is 1.68. The van der Waals surface area contributed by atoms with E-state index in [2.05, 4.69) is 48.0 Å². The molecule has 1 atom stereocenters. The highest BCUT2D eigenvalue weighted by molar-refractivity contribution is 5.77. The van der Waals surface area contributed by atoms with Crippen LogP contribution in [0.3, 0.4) is 0 Å². The van der Waals surface area contributed by atoms with Crippen LogP contribution in [0.4, 0.5) is 5.69 Å². The fraction of sp³-hybridized carbons (Fsp3) is 0.414. The van der Waals surface area contributed by atoms with Gasteiger partial charge in [-0.1, -0.05) is 32.9 Å². The first-order valence-corrected chi connectivity index (χ1v) is 12.5. The van der Waals surface area contributed by atoms with Crippen molar-refractivity contribution in [2.24, 2.45) is 0 Å². The Bertz CT molecular complexity index is 1080. The van der Waals surface area contributed by atoms with Gasteiger partial charge in [-0.25, -0.2) is 0 Å². The summed E-state index contributed by atoms with van der Waals surface area (Å²) >= 11 is 0. The lowest BCUT2D eigenvalue weighted by Gasteiger charge is -2.39. The van der Waals surface area contributed by atoms with Gasteiger partial charge in [0, 0.05) is 38.4 Å². The molecule has 1 aromatic heterocycles. The van der Waals surface area contributed by atoms with Crippen molar-refractivity contribution in [2.45, 2.75) is 32.2 Å². The molecule has 1 aliphatic heterocycles. The minimum atomic E-state index is -0.150. The predicted molar refractivity (Wildman–Crippen MR) is 142 cm³/mol. The van der Waals surface area contributed by atoms with Gasteiger partial charge in [0.15, 0.2) is 6.61 Å². The quantitative estimate of drug-likeness (QED) is 0.470. The van der Waals surface area contributed by atoms with Crippen LogP contribution in [0.5, 0.6) is 11.5 Å². The standard InChI is InChI=1S/C29H37N3O4/c1-29(2,3)22-7-11-25(12-8-22)36-21-28(33)30-20-26(27-6-5-19-35-27)32-17-15-31(16-18-32)23-9-13-24(34-4)14-10-23/h5-14,19,26H,15-18,20-21H2,1-4H3,(H,30,33). The van der Waals surface area contributed by atoms with Gasteiger partial charge in [0.2, 0.25) is 0 Å². The fourth-order valence-corrected chi connectivity index (χ4v) is 4.44. The van der Waals surface area contributed by atoms with Gasteiger partial charge in [-0.3, -0.25) is 9.69 Å². The zero-order valence-electron chi connectivity index (χ0n) is 21.7. The minimum Gasteiger partial charge on any atom is -0.497 e. The van der Waals surface area contributed by atoms with E-state index >= 15 is 0 Å². The molecule has 1 unspecified atom stereocenters. The van der Waals surface area contributed by atoms with Crippen molar-refractivity contribution in [2.75, 3.05) is 51.3 Å². The van der Waals surface area contributed by atoms with Crippen LogP contribution in [0.2, 0.25) is 0 Å². The van der Waals surface area contributed by atoms with Crippen molar-refractivity contribution >= 4 is 11.6 Å². The largest absolute Gasteiger partial charge is 0.497 e. The number of ether oxygens (including phenoxy) is 2.